The van der Waals surface area contributed by atoms with Crippen molar-refractivity contribution in [3.63, 3.8) is 0 Å². The van der Waals surface area contributed by atoms with Crippen molar-refractivity contribution < 1.29 is 18.7 Å². The molecule has 0 unspecified atom stereocenters. The van der Waals surface area contributed by atoms with Crippen LogP contribution in [0.25, 0.3) is 21.7 Å². The molecule has 0 saturated carbocycles. The van der Waals surface area contributed by atoms with Gasteiger partial charge in [-0.25, -0.2) is 4.79 Å². The number of methoxy groups -OCH3 is 1. The summed E-state index contributed by atoms with van der Waals surface area (Å²) in [7, 11) is 1.30. The fourth-order valence-corrected chi connectivity index (χ4v) is 4.98. The van der Waals surface area contributed by atoms with Gasteiger partial charge in [-0.3, -0.25) is 10.2 Å². The van der Waals surface area contributed by atoms with E-state index in [-0.39, 0.29) is 16.7 Å². The molecule has 3 aromatic carbocycles. The van der Waals surface area contributed by atoms with Gasteiger partial charge in [0.2, 0.25) is 5.55 Å². The molecule has 1 amide bonds. The number of esters is 1. The molecule has 0 fully saturated rings. The summed E-state index contributed by atoms with van der Waals surface area (Å²) in [4.78, 5) is 26.5. The van der Waals surface area contributed by atoms with E-state index in [0.717, 1.165) is 26.6 Å². The Morgan fingerprint density at radius 1 is 0.941 bits per heavy atom. The van der Waals surface area contributed by atoms with Crippen LogP contribution < -0.4 is 10.9 Å². The van der Waals surface area contributed by atoms with E-state index in [2.05, 4.69) is 5.32 Å². The van der Waals surface area contributed by atoms with Gasteiger partial charge in [0.25, 0.3) is 5.91 Å². The highest BCUT2D eigenvalue weighted by Crippen LogP contribution is 2.31. The molecule has 0 spiro atoms. The van der Waals surface area contributed by atoms with Gasteiger partial charge < -0.3 is 14.5 Å². The Morgan fingerprint density at radius 2 is 1.71 bits per heavy atom. The quantitative estimate of drug-likeness (QED) is 0.253. The Balaban J connectivity index is 1.52. The summed E-state index contributed by atoms with van der Waals surface area (Å²) >= 11 is 1.31. The molecule has 0 aliphatic carbocycles. The van der Waals surface area contributed by atoms with E-state index in [1.807, 2.05) is 60.7 Å². The van der Waals surface area contributed by atoms with Crippen LogP contribution in [0.3, 0.4) is 0 Å². The molecule has 0 aliphatic heterocycles. The lowest BCUT2D eigenvalue weighted by molar-refractivity contribution is 0.0602. The van der Waals surface area contributed by atoms with E-state index >= 15 is 0 Å². The molecular weight excluding hydrogens is 448 g/mol. The summed E-state index contributed by atoms with van der Waals surface area (Å²) < 4.78 is 10.6. The van der Waals surface area contributed by atoms with Crippen molar-refractivity contribution in [3.8, 4) is 0 Å². The van der Waals surface area contributed by atoms with Gasteiger partial charge in [0.15, 0.2) is 0 Å². The fraction of sp³-hybridized carbons (Fsp3) is 0.0741. The maximum absolute atomic E-state index is 13.2. The van der Waals surface area contributed by atoms with Crippen LogP contribution in [0.15, 0.2) is 83.3 Å². The first kappa shape index (κ1) is 21.6. The highest BCUT2D eigenvalue weighted by Gasteiger charge is 2.21. The number of nitrogens with one attached hydrogen (secondary N) is 2. The maximum Gasteiger partial charge on any atom is 0.340 e. The third kappa shape index (κ3) is 4.09. The van der Waals surface area contributed by atoms with Gasteiger partial charge >= 0.3 is 5.97 Å². The second-order valence-electron chi connectivity index (χ2n) is 7.75. The molecule has 2 aromatic heterocycles. The van der Waals surface area contributed by atoms with Gasteiger partial charge in [-0.1, -0.05) is 60.7 Å². The van der Waals surface area contributed by atoms with Crippen LogP contribution in [0, 0.1) is 5.41 Å². The standard InChI is InChI=1S/C27H20N2O4S/c1-32-27(31)22-14-18(13-16-7-3-2-4-8-16)34-26(22)29-25(30)21-15-20-19-10-6-5-9-17(19)11-12-23(20)33-24(21)28/h2-12,14-15,28H,13H2,1H3,(H,29,30). The molecule has 7 heteroatoms. The minimum absolute atomic E-state index is 0.0812. The summed E-state index contributed by atoms with van der Waals surface area (Å²) in [5.41, 5.74) is 1.73. The van der Waals surface area contributed by atoms with Crippen molar-refractivity contribution in [2.45, 2.75) is 6.42 Å². The highest BCUT2D eigenvalue weighted by atomic mass is 32.1. The van der Waals surface area contributed by atoms with Crippen molar-refractivity contribution in [1.82, 2.24) is 0 Å². The Bertz CT molecular complexity index is 1600. The Hall–Kier alpha value is -4.23. The molecule has 0 saturated heterocycles. The summed E-state index contributed by atoms with van der Waals surface area (Å²) in [6.45, 7) is 0. The van der Waals surface area contributed by atoms with Crippen molar-refractivity contribution in [1.29, 1.82) is 5.41 Å². The molecule has 2 N–H and O–H groups in total. The van der Waals surface area contributed by atoms with Crippen LogP contribution in [-0.4, -0.2) is 19.0 Å². The fourth-order valence-electron chi connectivity index (χ4n) is 3.91. The maximum atomic E-state index is 13.2. The van der Waals surface area contributed by atoms with Crippen molar-refractivity contribution in [3.05, 3.63) is 106 Å². The Morgan fingerprint density at radius 3 is 2.50 bits per heavy atom. The molecule has 6 nitrogen and oxygen atoms in total. The van der Waals surface area contributed by atoms with Gasteiger partial charge in [0, 0.05) is 16.7 Å². The first-order chi connectivity index (χ1) is 16.5. The SMILES string of the molecule is COC(=O)c1cc(Cc2ccccc2)sc1NC(=O)c1cc2c(ccc3ccccc32)oc1=N. The summed E-state index contributed by atoms with van der Waals surface area (Å²) in [6.07, 6.45) is 0.617. The zero-order chi connectivity index (χ0) is 23.7. The zero-order valence-corrected chi connectivity index (χ0v) is 19.1. The Labute approximate surface area is 198 Å². The van der Waals surface area contributed by atoms with E-state index in [1.165, 1.54) is 18.4 Å². The van der Waals surface area contributed by atoms with Crippen LogP contribution in [0.1, 0.15) is 31.2 Å². The molecule has 0 aliphatic rings. The smallest absolute Gasteiger partial charge is 0.340 e. The number of anilines is 1. The second-order valence-corrected chi connectivity index (χ2v) is 8.89. The number of ether oxygens (including phenoxy) is 1. The largest absolute Gasteiger partial charge is 0.465 e. The number of rotatable bonds is 5. The van der Waals surface area contributed by atoms with Gasteiger partial charge in [0.05, 0.1) is 12.7 Å². The van der Waals surface area contributed by atoms with Crippen molar-refractivity contribution in [2.24, 2.45) is 0 Å². The predicted octanol–water partition coefficient (Wildman–Crippen LogP) is 5.76. The minimum Gasteiger partial charge on any atom is -0.465 e. The third-order valence-corrected chi connectivity index (χ3v) is 6.61. The van der Waals surface area contributed by atoms with Crippen LogP contribution in [0.2, 0.25) is 0 Å². The average Bonchev–Trinajstić information content (AvgIpc) is 3.25. The zero-order valence-electron chi connectivity index (χ0n) is 18.3. The van der Waals surface area contributed by atoms with Gasteiger partial charge in [0.1, 0.15) is 16.1 Å². The number of benzene rings is 3. The first-order valence-electron chi connectivity index (χ1n) is 10.6. The van der Waals surface area contributed by atoms with E-state index in [9.17, 15) is 9.59 Å². The molecule has 2 heterocycles. The lowest BCUT2D eigenvalue weighted by atomic mass is 10.0. The molecular formula is C27H20N2O4S. The van der Waals surface area contributed by atoms with Crippen molar-refractivity contribution >= 4 is 50.0 Å². The topological polar surface area (TPSA) is 92.4 Å². The van der Waals surface area contributed by atoms with E-state index in [1.54, 1.807) is 18.2 Å². The van der Waals surface area contributed by atoms with E-state index in [0.29, 0.717) is 17.0 Å². The number of carbonyl (C=O) groups excluding carboxylic acids is 2. The number of carbonyl (C=O) groups is 2. The molecule has 34 heavy (non-hydrogen) atoms. The normalized spacial score (nSPS) is 11.0. The lowest BCUT2D eigenvalue weighted by Crippen LogP contribution is -2.21. The predicted molar refractivity (Wildman–Crippen MR) is 132 cm³/mol. The molecule has 0 radical (unpaired) electrons. The van der Waals surface area contributed by atoms with Crippen molar-refractivity contribution in [2.75, 3.05) is 12.4 Å². The third-order valence-electron chi connectivity index (χ3n) is 5.56. The molecule has 168 valence electrons. The van der Waals surface area contributed by atoms with Crippen LogP contribution in [0.4, 0.5) is 5.00 Å². The number of amides is 1. The first-order valence-corrected chi connectivity index (χ1v) is 11.4. The monoisotopic (exact) mass is 468 g/mol. The summed E-state index contributed by atoms with van der Waals surface area (Å²) in [5.74, 6) is -1.06. The molecule has 0 atom stereocenters. The number of hydrogen-bond acceptors (Lipinski definition) is 6. The molecule has 5 rings (SSSR count). The molecule has 5 aromatic rings. The van der Waals surface area contributed by atoms with Crippen LogP contribution in [-0.2, 0) is 11.2 Å². The van der Waals surface area contributed by atoms with Crippen LogP contribution >= 0.6 is 11.3 Å². The highest BCUT2D eigenvalue weighted by molar-refractivity contribution is 7.16. The lowest BCUT2D eigenvalue weighted by Gasteiger charge is -2.08. The van der Waals surface area contributed by atoms with E-state index < -0.39 is 11.9 Å². The van der Waals surface area contributed by atoms with Gasteiger partial charge in [-0.05, 0) is 34.5 Å². The average molecular weight is 469 g/mol. The minimum atomic E-state index is -0.536. The summed E-state index contributed by atoms with van der Waals surface area (Å²) in [5, 5.41) is 14.1. The van der Waals surface area contributed by atoms with E-state index in [4.69, 9.17) is 14.6 Å². The second kappa shape index (κ2) is 8.96. The van der Waals surface area contributed by atoms with Gasteiger partial charge in [-0.15, -0.1) is 11.3 Å². The number of thiophene rings is 1. The Kier molecular flexibility index (Phi) is 5.69. The van der Waals surface area contributed by atoms with Gasteiger partial charge in [-0.2, -0.15) is 0 Å². The summed E-state index contributed by atoms with van der Waals surface area (Å²) in [6, 6.07) is 24.7. The van der Waals surface area contributed by atoms with Crippen LogP contribution in [0.5, 0.6) is 0 Å². The molecule has 0 bridgehead atoms. The number of fused-ring (bicyclic) bond motifs is 3. The number of hydrogen-bond donors (Lipinski definition) is 2.